The van der Waals surface area contributed by atoms with E-state index in [1.807, 2.05) is 13.8 Å². The van der Waals surface area contributed by atoms with Crippen LogP contribution in [0.1, 0.15) is 31.7 Å². The van der Waals surface area contributed by atoms with Gasteiger partial charge in [0.05, 0.1) is 11.6 Å². The van der Waals surface area contributed by atoms with Gasteiger partial charge in [-0.2, -0.15) is 0 Å². The maximum atomic E-state index is 11.5. The Balaban J connectivity index is 2.21. The number of carboxylic acids is 1. The molecule has 0 aliphatic carbocycles. The number of carbonyl (C=O) groups is 1. The molecule has 1 aromatic heterocycles. The van der Waals surface area contributed by atoms with Crippen LogP contribution in [0.2, 0.25) is 5.02 Å². The molecule has 1 aromatic carbocycles. The summed E-state index contributed by atoms with van der Waals surface area (Å²) in [5, 5.41) is 17.1. The van der Waals surface area contributed by atoms with E-state index in [0.717, 1.165) is 30.4 Å². The van der Waals surface area contributed by atoms with Gasteiger partial charge in [-0.25, -0.2) is 9.78 Å². The van der Waals surface area contributed by atoms with Crippen LogP contribution in [-0.4, -0.2) is 32.9 Å². The number of aromatic amines is 1. The summed E-state index contributed by atoms with van der Waals surface area (Å²) in [5.41, 5.74) is 0.665. The van der Waals surface area contributed by atoms with Crippen molar-refractivity contribution in [1.82, 2.24) is 15.2 Å². The Labute approximate surface area is 149 Å². The largest absolute Gasteiger partial charge is 0.492 e. The lowest BCUT2D eigenvalue weighted by Crippen LogP contribution is -1.97. The SMILES string of the molecule is CCCc1nc(S/C(=C\c2ccc(OCC)c(Cl)c2)C(=O)O)n[nH]1. The molecule has 2 aromatic rings. The number of ether oxygens (including phenoxy) is 1. The normalized spacial score (nSPS) is 11.5. The number of aryl methyl sites for hydroxylation is 1. The predicted molar refractivity (Wildman–Crippen MR) is 94.5 cm³/mol. The second-order valence-electron chi connectivity index (χ2n) is 4.85. The smallest absolute Gasteiger partial charge is 0.342 e. The maximum Gasteiger partial charge on any atom is 0.342 e. The third-order valence-corrected chi connectivity index (χ3v) is 4.14. The molecular formula is C16H18ClN3O3S. The Morgan fingerprint density at radius 3 is 2.88 bits per heavy atom. The average Bonchev–Trinajstić information content (AvgIpc) is 2.97. The summed E-state index contributed by atoms with van der Waals surface area (Å²) in [7, 11) is 0. The summed E-state index contributed by atoms with van der Waals surface area (Å²) in [6.07, 6.45) is 3.24. The quantitative estimate of drug-likeness (QED) is 0.541. The van der Waals surface area contributed by atoms with E-state index in [1.54, 1.807) is 18.2 Å². The van der Waals surface area contributed by atoms with Crippen LogP contribution in [0.5, 0.6) is 5.75 Å². The van der Waals surface area contributed by atoms with Gasteiger partial charge < -0.3 is 9.84 Å². The van der Waals surface area contributed by atoms with E-state index >= 15 is 0 Å². The molecule has 0 unspecified atom stereocenters. The minimum atomic E-state index is -1.05. The van der Waals surface area contributed by atoms with Gasteiger partial charge in [-0.1, -0.05) is 24.6 Å². The lowest BCUT2D eigenvalue weighted by atomic mass is 10.2. The first kappa shape index (κ1) is 18.4. The van der Waals surface area contributed by atoms with Gasteiger partial charge in [0.1, 0.15) is 16.5 Å². The van der Waals surface area contributed by atoms with Crippen molar-refractivity contribution in [3.05, 3.63) is 39.5 Å². The number of carboxylic acid groups (broad SMARTS) is 1. The minimum absolute atomic E-state index is 0.109. The number of aliphatic carboxylic acids is 1. The summed E-state index contributed by atoms with van der Waals surface area (Å²) in [6.45, 7) is 4.41. The fraction of sp³-hybridized carbons (Fsp3) is 0.312. The Hall–Kier alpha value is -1.99. The van der Waals surface area contributed by atoms with E-state index in [0.29, 0.717) is 28.1 Å². The molecular weight excluding hydrogens is 350 g/mol. The Bertz CT molecular complexity index is 746. The highest BCUT2D eigenvalue weighted by Gasteiger charge is 2.14. The topological polar surface area (TPSA) is 88.1 Å². The Kier molecular flexibility index (Phi) is 6.69. The Morgan fingerprint density at radius 2 is 2.25 bits per heavy atom. The number of H-pyrrole nitrogens is 1. The average molecular weight is 368 g/mol. The zero-order valence-electron chi connectivity index (χ0n) is 13.4. The van der Waals surface area contributed by atoms with Crippen LogP contribution in [0.15, 0.2) is 28.3 Å². The second kappa shape index (κ2) is 8.75. The fourth-order valence-corrected chi connectivity index (χ4v) is 2.91. The number of hydrogen-bond donors (Lipinski definition) is 2. The van der Waals surface area contributed by atoms with Crippen LogP contribution in [0.25, 0.3) is 6.08 Å². The number of benzene rings is 1. The van der Waals surface area contributed by atoms with E-state index in [2.05, 4.69) is 15.2 Å². The number of thioether (sulfide) groups is 1. The molecule has 0 radical (unpaired) electrons. The van der Waals surface area contributed by atoms with Crippen molar-refractivity contribution in [2.45, 2.75) is 31.8 Å². The highest BCUT2D eigenvalue weighted by atomic mass is 35.5. The minimum Gasteiger partial charge on any atom is -0.492 e. The van der Waals surface area contributed by atoms with Gasteiger partial charge in [0.2, 0.25) is 5.16 Å². The molecule has 0 aliphatic rings. The highest BCUT2D eigenvalue weighted by Crippen LogP contribution is 2.29. The molecule has 2 rings (SSSR count). The van der Waals surface area contributed by atoms with Gasteiger partial charge >= 0.3 is 5.97 Å². The van der Waals surface area contributed by atoms with E-state index in [4.69, 9.17) is 16.3 Å². The third-order valence-electron chi connectivity index (χ3n) is 2.96. The van der Waals surface area contributed by atoms with E-state index < -0.39 is 5.97 Å². The molecule has 0 amide bonds. The standard InChI is InChI=1S/C16H18ClN3O3S/c1-3-5-14-18-16(20-19-14)24-13(15(21)22)9-10-6-7-12(23-4-2)11(17)8-10/h6-9H,3-5H2,1-2H3,(H,21,22)(H,18,19,20)/b13-9-. The van der Waals surface area contributed by atoms with Gasteiger partial charge in [-0.05, 0) is 48.9 Å². The molecule has 0 fully saturated rings. The van der Waals surface area contributed by atoms with E-state index in [9.17, 15) is 9.90 Å². The van der Waals surface area contributed by atoms with Crippen molar-refractivity contribution in [2.75, 3.05) is 6.61 Å². The van der Waals surface area contributed by atoms with Crippen LogP contribution in [0, 0.1) is 0 Å². The molecule has 0 spiro atoms. The highest BCUT2D eigenvalue weighted by molar-refractivity contribution is 8.04. The van der Waals surface area contributed by atoms with Crippen LogP contribution >= 0.6 is 23.4 Å². The van der Waals surface area contributed by atoms with Gasteiger partial charge in [-0.15, -0.1) is 5.10 Å². The van der Waals surface area contributed by atoms with Gasteiger partial charge in [0.15, 0.2) is 0 Å². The molecule has 6 nitrogen and oxygen atoms in total. The van der Waals surface area contributed by atoms with Crippen LogP contribution in [0.4, 0.5) is 0 Å². The first-order chi connectivity index (χ1) is 11.5. The summed E-state index contributed by atoms with van der Waals surface area (Å²) in [6, 6.07) is 5.13. The molecule has 8 heteroatoms. The summed E-state index contributed by atoms with van der Waals surface area (Å²) >= 11 is 7.12. The molecule has 0 saturated carbocycles. The maximum absolute atomic E-state index is 11.5. The van der Waals surface area contributed by atoms with E-state index in [1.165, 1.54) is 6.08 Å². The molecule has 0 bridgehead atoms. The first-order valence-corrected chi connectivity index (χ1v) is 8.69. The van der Waals surface area contributed by atoms with Crippen molar-refractivity contribution in [1.29, 1.82) is 0 Å². The van der Waals surface area contributed by atoms with Gasteiger partial charge in [0.25, 0.3) is 0 Å². The first-order valence-electron chi connectivity index (χ1n) is 7.50. The fourth-order valence-electron chi connectivity index (χ4n) is 1.94. The monoisotopic (exact) mass is 367 g/mol. The van der Waals surface area contributed by atoms with Crippen LogP contribution in [-0.2, 0) is 11.2 Å². The molecule has 24 heavy (non-hydrogen) atoms. The van der Waals surface area contributed by atoms with Crippen molar-refractivity contribution in [3.63, 3.8) is 0 Å². The Morgan fingerprint density at radius 1 is 1.46 bits per heavy atom. The van der Waals surface area contributed by atoms with Crippen LogP contribution in [0.3, 0.4) is 0 Å². The summed E-state index contributed by atoms with van der Waals surface area (Å²) < 4.78 is 5.37. The summed E-state index contributed by atoms with van der Waals surface area (Å²) in [5.74, 6) is 0.264. The number of nitrogens with zero attached hydrogens (tertiary/aromatic N) is 2. The number of rotatable bonds is 8. The molecule has 0 aliphatic heterocycles. The summed E-state index contributed by atoms with van der Waals surface area (Å²) in [4.78, 5) is 15.9. The number of nitrogens with one attached hydrogen (secondary N) is 1. The molecule has 0 atom stereocenters. The number of halogens is 1. The van der Waals surface area contributed by atoms with Gasteiger partial charge in [0, 0.05) is 6.42 Å². The van der Waals surface area contributed by atoms with Crippen molar-refractivity contribution in [3.8, 4) is 5.75 Å². The van der Waals surface area contributed by atoms with Gasteiger partial charge in [-0.3, -0.25) is 5.10 Å². The lowest BCUT2D eigenvalue weighted by molar-refractivity contribution is -0.131. The predicted octanol–water partition coefficient (Wildman–Crippen LogP) is 4.03. The molecule has 128 valence electrons. The molecule has 0 saturated heterocycles. The molecule has 1 heterocycles. The lowest BCUT2D eigenvalue weighted by Gasteiger charge is -2.06. The van der Waals surface area contributed by atoms with Crippen LogP contribution < -0.4 is 4.74 Å². The molecule has 2 N–H and O–H groups in total. The third kappa shape index (κ3) is 5.01. The van der Waals surface area contributed by atoms with E-state index in [-0.39, 0.29) is 4.91 Å². The number of hydrogen-bond acceptors (Lipinski definition) is 5. The van der Waals surface area contributed by atoms with Crippen molar-refractivity contribution >= 4 is 35.4 Å². The van der Waals surface area contributed by atoms with Crippen molar-refractivity contribution < 1.29 is 14.6 Å². The zero-order chi connectivity index (χ0) is 17.5. The number of aromatic nitrogens is 3. The second-order valence-corrected chi connectivity index (χ2v) is 6.27. The van der Waals surface area contributed by atoms with Crippen molar-refractivity contribution in [2.24, 2.45) is 0 Å². The zero-order valence-corrected chi connectivity index (χ0v) is 14.9.